The van der Waals surface area contributed by atoms with Crippen LogP contribution in [0.4, 0.5) is 4.79 Å². The molecule has 2 atom stereocenters. The van der Waals surface area contributed by atoms with Gasteiger partial charge in [-0.3, -0.25) is 4.79 Å². The third-order valence-electron chi connectivity index (χ3n) is 2.36. The summed E-state index contributed by atoms with van der Waals surface area (Å²) in [5.74, 6) is -0.535. The molecule has 0 spiro atoms. The van der Waals surface area contributed by atoms with Crippen LogP contribution in [0.3, 0.4) is 0 Å². The van der Waals surface area contributed by atoms with Crippen LogP contribution >= 0.6 is 12.6 Å². The second-order valence-electron chi connectivity index (χ2n) is 3.74. The Morgan fingerprint density at radius 3 is 2.88 bits per heavy atom. The number of hydrogen-bond donors (Lipinski definition) is 2. The molecular weight excluding hydrogens is 240 g/mol. The topological polar surface area (TPSA) is 72.6 Å². The Morgan fingerprint density at radius 2 is 2.29 bits per heavy atom. The van der Waals surface area contributed by atoms with Crippen molar-refractivity contribution in [2.45, 2.75) is 17.7 Å². The Hall–Kier alpha value is -1.43. The third-order valence-corrected chi connectivity index (χ3v) is 2.74. The average Bonchev–Trinajstić information content (AvgIpc) is 2.64. The molecule has 17 heavy (non-hydrogen) atoms. The first-order valence-corrected chi connectivity index (χ1v) is 5.76. The molecule has 1 heterocycles. The molecule has 0 unspecified atom stereocenters. The van der Waals surface area contributed by atoms with E-state index < -0.39 is 12.0 Å². The zero-order valence-electron chi connectivity index (χ0n) is 9.41. The van der Waals surface area contributed by atoms with E-state index in [1.165, 1.54) is 17.1 Å². The molecule has 2 N–H and O–H groups in total. The van der Waals surface area contributed by atoms with Gasteiger partial charge in [-0.2, -0.15) is 12.6 Å². The van der Waals surface area contributed by atoms with Crippen LogP contribution in [0.5, 0.6) is 0 Å². The Balaban J connectivity index is 2.64. The molecule has 0 aromatic heterocycles. The van der Waals surface area contributed by atoms with Gasteiger partial charge in [-0.15, -0.1) is 0 Å². The molecule has 1 aliphatic heterocycles. The van der Waals surface area contributed by atoms with Crippen LogP contribution in [0.25, 0.3) is 0 Å². The second-order valence-corrected chi connectivity index (χ2v) is 4.47. The van der Waals surface area contributed by atoms with E-state index in [1.807, 2.05) is 0 Å². The number of carbonyl (C=O) groups is 2. The lowest BCUT2D eigenvalue weighted by Crippen LogP contribution is -2.35. The summed E-state index contributed by atoms with van der Waals surface area (Å²) < 4.78 is 4.95. The molecule has 2 amide bonds. The molecule has 0 aromatic rings. The Kier molecular flexibility index (Phi) is 5.09. The summed E-state index contributed by atoms with van der Waals surface area (Å²) >= 11 is 4.32. The molecule has 5 nitrogen and oxygen atoms in total. The Bertz CT molecular complexity index is 344. The van der Waals surface area contributed by atoms with Gasteiger partial charge in [-0.25, -0.2) is 4.79 Å². The van der Waals surface area contributed by atoms with Crippen LogP contribution < -0.4 is 5.73 Å². The van der Waals surface area contributed by atoms with Crippen molar-refractivity contribution in [3.63, 3.8) is 0 Å². The van der Waals surface area contributed by atoms with Gasteiger partial charge in [0.1, 0.15) is 6.61 Å². The van der Waals surface area contributed by atoms with E-state index in [4.69, 9.17) is 10.5 Å². The number of carbonyl (C=O) groups excluding carboxylic acids is 2. The van der Waals surface area contributed by atoms with Gasteiger partial charge in [0.05, 0.1) is 6.04 Å². The minimum atomic E-state index is -0.535. The predicted molar refractivity (Wildman–Crippen MR) is 67.8 cm³/mol. The van der Waals surface area contributed by atoms with Crippen LogP contribution in [0, 0.1) is 0 Å². The smallest absolute Gasteiger partial charge is 0.410 e. The quantitative estimate of drug-likeness (QED) is 0.442. The summed E-state index contributed by atoms with van der Waals surface area (Å²) in [6, 6.07) is -0.192. The highest BCUT2D eigenvalue weighted by Gasteiger charge is 2.32. The van der Waals surface area contributed by atoms with Crippen molar-refractivity contribution in [3.05, 3.63) is 24.8 Å². The van der Waals surface area contributed by atoms with Gasteiger partial charge >= 0.3 is 6.09 Å². The standard InChI is InChI=1S/C11H16N2O3S/c1-2-5-16-11(15)13-7-9(17)6-8(13)3-4-10(12)14/h2-4,8-9,17H,1,5-7H2,(H2,12,14)/t8-,9+/m1/s1. The minimum absolute atomic E-state index is 0.0776. The van der Waals surface area contributed by atoms with E-state index in [0.717, 1.165) is 0 Å². The number of primary amides is 1. The summed E-state index contributed by atoms with van der Waals surface area (Å²) in [5.41, 5.74) is 5.01. The molecule has 1 saturated heterocycles. The summed E-state index contributed by atoms with van der Waals surface area (Å²) in [7, 11) is 0. The van der Waals surface area contributed by atoms with Gasteiger partial charge < -0.3 is 15.4 Å². The van der Waals surface area contributed by atoms with Gasteiger partial charge in [0, 0.05) is 17.9 Å². The number of likely N-dealkylation sites (tertiary alicyclic amines) is 1. The van der Waals surface area contributed by atoms with Crippen LogP contribution in [0.2, 0.25) is 0 Å². The minimum Gasteiger partial charge on any atom is -0.445 e. The molecule has 6 heteroatoms. The zero-order valence-corrected chi connectivity index (χ0v) is 10.3. The van der Waals surface area contributed by atoms with E-state index in [9.17, 15) is 9.59 Å². The van der Waals surface area contributed by atoms with E-state index in [0.29, 0.717) is 13.0 Å². The number of rotatable bonds is 4. The normalized spacial score (nSPS) is 23.9. The molecular formula is C11H16N2O3S. The highest BCUT2D eigenvalue weighted by Crippen LogP contribution is 2.23. The number of ether oxygens (including phenoxy) is 1. The SMILES string of the molecule is C=CCOC(=O)N1C[C@@H](S)C[C@H]1C=CC(N)=O. The molecule has 0 radical (unpaired) electrons. The van der Waals surface area contributed by atoms with Crippen molar-refractivity contribution in [3.8, 4) is 0 Å². The first kappa shape index (κ1) is 13.6. The average molecular weight is 256 g/mol. The van der Waals surface area contributed by atoms with Crippen molar-refractivity contribution in [2.75, 3.05) is 13.2 Å². The summed E-state index contributed by atoms with van der Waals surface area (Å²) in [4.78, 5) is 23.9. The highest BCUT2D eigenvalue weighted by atomic mass is 32.1. The van der Waals surface area contributed by atoms with Crippen LogP contribution in [-0.4, -0.2) is 41.3 Å². The largest absolute Gasteiger partial charge is 0.445 e. The van der Waals surface area contributed by atoms with Crippen molar-refractivity contribution in [1.29, 1.82) is 0 Å². The molecule has 0 saturated carbocycles. The molecule has 94 valence electrons. The number of thiol groups is 1. The van der Waals surface area contributed by atoms with E-state index in [1.54, 1.807) is 6.08 Å². The van der Waals surface area contributed by atoms with Crippen LogP contribution in [0.1, 0.15) is 6.42 Å². The number of hydrogen-bond acceptors (Lipinski definition) is 4. The molecule has 0 bridgehead atoms. The maximum absolute atomic E-state index is 11.7. The van der Waals surface area contributed by atoms with Crippen molar-refractivity contribution < 1.29 is 14.3 Å². The predicted octanol–water partition coefficient (Wildman–Crippen LogP) is 0.723. The van der Waals surface area contributed by atoms with E-state index >= 15 is 0 Å². The second kappa shape index (κ2) is 6.34. The number of amides is 2. The van der Waals surface area contributed by atoms with Crippen LogP contribution in [0.15, 0.2) is 24.8 Å². The fraction of sp³-hybridized carbons (Fsp3) is 0.455. The number of nitrogens with two attached hydrogens (primary N) is 1. The monoisotopic (exact) mass is 256 g/mol. The molecule has 0 aliphatic carbocycles. The zero-order chi connectivity index (χ0) is 12.8. The summed E-state index contributed by atoms with van der Waals surface area (Å²) in [5, 5.41) is 0.0776. The van der Waals surface area contributed by atoms with Crippen molar-refractivity contribution in [1.82, 2.24) is 4.90 Å². The van der Waals surface area contributed by atoms with Gasteiger partial charge in [-0.05, 0) is 6.42 Å². The van der Waals surface area contributed by atoms with Crippen molar-refractivity contribution >= 4 is 24.6 Å². The van der Waals surface area contributed by atoms with Gasteiger partial charge in [0.15, 0.2) is 0 Å². The van der Waals surface area contributed by atoms with Crippen LogP contribution in [-0.2, 0) is 9.53 Å². The molecule has 1 fully saturated rings. The maximum Gasteiger partial charge on any atom is 0.410 e. The first-order chi connectivity index (χ1) is 8.04. The lowest BCUT2D eigenvalue weighted by molar-refractivity contribution is -0.113. The first-order valence-electron chi connectivity index (χ1n) is 5.24. The lowest BCUT2D eigenvalue weighted by atomic mass is 10.2. The molecule has 0 aromatic carbocycles. The summed E-state index contributed by atoms with van der Waals surface area (Å²) in [6.07, 6.45) is 4.61. The third kappa shape index (κ3) is 4.14. The van der Waals surface area contributed by atoms with Gasteiger partial charge in [-0.1, -0.05) is 18.7 Å². The fourth-order valence-electron chi connectivity index (χ4n) is 1.65. The fourth-order valence-corrected chi connectivity index (χ4v) is 2.05. The highest BCUT2D eigenvalue weighted by molar-refractivity contribution is 7.81. The van der Waals surface area contributed by atoms with Crippen molar-refractivity contribution in [2.24, 2.45) is 5.73 Å². The van der Waals surface area contributed by atoms with Gasteiger partial charge in [0.25, 0.3) is 0 Å². The molecule has 1 rings (SSSR count). The molecule has 1 aliphatic rings. The summed E-state index contributed by atoms with van der Waals surface area (Å²) in [6.45, 7) is 4.13. The van der Waals surface area contributed by atoms with Gasteiger partial charge in [0.2, 0.25) is 5.91 Å². The Labute approximate surface area is 106 Å². The Morgan fingerprint density at radius 1 is 1.59 bits per heavy atom. The maximum atomic E-state index is 11.7. The number of nitrogens with zero attached hydrogens (tertiary/aromatic N) is 1. The lowest BCUT2D eigenvalue weighted by Gasteiger charge is -2.20. The van der Waals surface area contributed by atoms with E-state index in [-0.39, 0.29) is 17.9 Å². The van der Waals surface area contributed by atoms with E-state index in [2.05, 4.69) is 19.2 Å².